The number of rotatable bonds is 2. The van der Waals surface area contributed by atoms with E-state index in [-0.39, 0.29) is 10.6 Å². The fraction of sp³-hybridized carbons (Fsp3) is 0. The molecule has 0 atom stereocenters. The molecule has 0 saturated carbocycles. The van der Waals surface area contributed by atoms with Gasteiger partial charge in [-0.3, -0.25) is 10.1 Å². The Labute approximate surface area is 88.5 Å². The number of hydrogen-bond donors (Lipinski definition) is 1. The normalized spacial score (nSPS) is 9.33. The van der Waals surface area contributed by atoms with Crippen molar-refractivity contribution < 1.29 is 14.8 Å². The number of aromatic carboxylic acids is 1. The second-order valence-corrected chi connectivity index (χ2v) is 2.93. The topological polar surface area (TPSA) is 104 Å². The van der Waals surface area contributed by atoms with Gasteiger partial charge in [0.25, 0.3) is 5.69 Å². The van der Waals surface area contributed by atoms with Gasteiger partial charge in [0.1, 0.15) is 6.07 Å². The summed E-state index contributed by atoms with van der Waals surface area (Å²) in [5.74, 6) is -1.43. The van der Waals surface area contributed by atoms with E-state index in [1.807, 2.05) is 0 Å². The monoisotopic (exact) mass is 226 g/mol. The molecule has 1 N–H and O–H groups in total. The van der Waals surface area contributed by atoms with Crippen LogP contribution in [0.2, 0.25) is 5.02 Å². The van der Waals surface area contributed by atoms with E-state index in [0.717, 1.165) is 12.1 Å². The average Bonchev–Trinajstić information content (AvgIpc) is 2.16. The van der Waals surface area contributed by atoms with Crippen LogP contribution in [0, 0.1) is 21.4 Å². The molecule has 0 heterocycles. The standard InChI is InChI=1S/C8H3ClN2O4/c9-7-2-4(11(14)15)1-5(8(12)13)6(7)3-10/h1-2H,(H,12,13). The molecule has 1 aromatic rings. The number of hydrogen-bond acceptors (Lipinski definition) is 4. The third kappa shape index (κ3) is 2.03. The number of benzene rings is 1. The molecular weight excluding hydrogens is 224 g/mol. The van der Waals surface area contributed by atoms with E-state index in [4.69, 9.17) is 22.0 Å². The first-order valence-corrected chi connectivity index (χ1v) is 3.96. The van der Waals surface area contributed by atoms with Crippen LogP contribution >= 0.6 is 11.6 Å². The second kappa shape index (κ2) is 3.94. The lowest BCUT2D eigenvalue weighted by atomic mass is 10.1. The van der Waals surface area contributed by atoms with E-state index in [0.29, 0.717) is 0 Å². The van der Waals surface area contributed by atoms with Gasteiger partial charge in [-0.25, -0.2) is 4.79 Å². The summed E-state index contributed by atoms with van der Waals surface area (Å²) in [6.07, 6.45) is 0. The molecule has 0 aliphatic heterocycles. The summed E-state index contributed by atoms with van der Waals surface area (Å²) in [4.78, 5) is 20.3. The summed E-state index contributed by atoms with van der Waals surface area (Å²) in [7, 11) is 0. The van der Waals surface area contributed by atoms with Gasteiger partial charge in [-0.1, -0.05) is 11.6 Å². The summed E-state index contributed by atoms with van der Waals surface area (Å²) in [6, 6.07) is 3.31. The first-order chi connectivity index (χ1) is 6.97. The van der Waals surface area contributed by atoms with Gasteiger partial charge in [0.15, 0.2) is 0 Å². The number of nitro groups is 1. The third-order valence-corrected chi connectivity index (χ3v) is 1.93. The molecular formula is C8H3ClN2O4. The van der Waals surface area contributed by atoms with Crippen LogP contribution in [0.1, 0.15) is 15.9 Å². The van der Waals surface area contributed by atoms with Gasteiger partial charge < -0.3 is 5.11 Å². The highest BCUT2D eigenvalue weighted by Crippen LogP contribution is 2.26. The van der Waals surface area contributed by atoms with Crippen molar-refractivity contribution in [2.45, 2.75) is 0 Å². The Hall–Kier alpha value is -2.13. The van der Waals surface area contributed by atoms with Gasteiger partial charge in [0, 0.05) is 12.1 Å². The maximum atomic E-state index is 10.7. The number of nitriles is 1. The van der Waals surface area contributed by atoms with Gasteiger partial charge >= 0.3 is 5.97 Å². The number of nitrogens with zero attached hydrogens (tertiary/aromatic N) is 2. The van der Waals surface area contributed by atoms with Crippen molar-refractivity contribution in [1.29, 1.82) is 5.26 Å². The molecule has 0 radical (unpaired) electrons. The van der Waals surface area contributed by atoms with Crippen molar-refractivity contribution >= 4 is 23.3 Å². The van der Waals surface area contributed by atoms with E-state index in [1.54, 1.807) is 6.07 Å². The van der Waals surface area contributed by atoms with Crippen LogP contribution in [-0.4, -0.2) is 16.0 Å². The summed E-state index contributed by atoms with van der Waals surface area (Å²) < 4.78 is 0. The Morgan fingerprint density at radius 2 is 2.20 bits per heavy atom. The van der Waals surface area contributed by atoms with E-state index < -0.39 is 22.1 Å². The molecule has 0 bridgehead atoms. The molecule has 76 valence electrons. The van der Waals surface area contributed by atoms with Crippen molar-refractivity contribution in [1.82, 2.24) is 0 Å². The first-order valence-electron chi connectivity index (χ1n) is 3.58. The maximum absolute atomic E-state index is 10.7. The van der Waals surface area contributed by atoms with Crippen LogP contribution in [0.25, 0.3) is 0 Å². The van der Waals surface area contributed by atoms with Crippen LogP contribution in [0.3, 0.4) is 0 Å². The molecule has 15 heavy (non-hydrogen) atoms. The van der Waals surface area contributed by atoms with Crippen molar-refractivity contribution in [3.63, 3.8) is 0 Å². The minimum Gasteiger partial charge on any atom is -0.478 e. The summed E-state index contributed by atoms with van der Waals surface area (Å²) in [6.45, 7) is 0. The highest BCUT2D eigenvalue weighted by atomic mass is 35.5. The molecule has 0 unspecified atom stereocenters. The Morgan fingerprint density at radius 3 is 2.60 bits per heavy atom. The SMILES string of the molecule is N#Cc1c(Cl)cc([N+](=O)[O-])cc1C(=O)O. The lowest BCUT2D eigenvalue weighted by molar-refractivity contribution is -0.384. The quantitative estimate of drug-likeness (QED) is 0.612. The van der Waals surface area contributed by atoms with Crippen LogP contribution in [0.15, 0.2) is 12.1 Å². The summed E-state index contributed by atoms with van der Waals surface area (Å²) >= 11 is 5.53. The van der Waals surface area contributed by atoms with Crippen molar-refractivity contribution in [2.75, 3.05) is 0 Å². The molecule has 0 saturated heterocycles. The number of non-ortho nitro benzene ring substituents is 1. The summed E-state index contributed by atoms with van der Waals surface area (Å²) in [5, 5.41) is 27.5. The van der Waals surface area contributed by atoms with Gasteiger partial charge in [-0.2, -0.15) is 5.26 Å². The minimum absolute atomic E-state index is 0.246. The predicted molar refractivity (Wildman–Crippen MR) is 49.8 cm³/mol. The predicted octanol–water partition coefficient (Wildman–Crippen LogP) is 1.82. The lowest BCUT2D eigenvalue weighted by Gasteiger charge is -2.00. The van der Waals surface area contributed by atoms with Crippen LogP contribution in [0.5, 0.6) is 0 Å². The van der Waals surface area contributed by atoms with Crippen molar-refractivity contribution in [3.05, 3.63) is 38.4 Å². The molecule has 0 aliphatic rings. The Morgan fingerprint density at radius 1 is 1.60 bits per heavy atom. The fourth-order valence-electron chi connectivity index (χ4n) is 0.980. The van der Waals surface area contributed by atoms with E-state index in [2.05, 4.69) is 0 Å². The van der Waals surface area contributed by atoms with E-state index in [9.17, 15) is 14.9 Å². The molecule has 0 amide bonds. The Bertz CT molecular complexity index is 492. The molecule has 1 aromatic carbocycles. The van der Waals surface area contributed by atoms with Gasteiger partial charge in [0.2, 0.25) is 0 Å². The average molecular weight is 227 g/mol. The molecule has 0 aliphatic carbocycles. The first kappa shape index (κ1) is 10.9. The van der Waals surface area contributed by atoms with Gasteiger partial charge in [-0.05, 0) is 0 Å². The number of carboxylic acid groups (broad SMARTS) is 1. The molecule has 6 nitrogen and oxygen atoms in total. The molecule has 0 aromatic heterocycles. The zero-order valence-electron chi connectivity index (χ0n) is 7.10. The Balaban J connectivity index is 3.54. The number of halogens is 1. The van der Waals surface area contributed by atoms with Crippen LogP contribution < -0.4 is 0 Å². The van der Waals surface area contributed by atoms with Crippen LogP contribution in [-0.2, 0) is 0 Å². The van der Waals surface area contributed by atoms with Crippen molar-refractivity contribution in [3.8, 4) is 6.07 Å². The third-order valence-electron chi connectivity index (χ3n) is 1.63. The molecule has 1 rings (SSSR count). The minimum atomic E-state index is -1.43. The zero-order chi connectivity index (χ0) is 11.6. The van der Waals surface area contributed by atoms with E-state index in [1.165, 1.54) is 0 Å². The Kier molecular flexibility index (Phi) is 2.87. The van der Waals surface area contributed by atoms with Gasteiger partial charge in [-0.15, -0.1) is 0 Å². The smallest absolute Gasteiger partial charge is 0.337 e. The molecule has 0 fully saturated rings. The maximum Gasteiger partial charge on any atom is 0.337 e. The summed E-state index contributed by atoms with van der Waals surface area (Å²) in [5.41, 5.74) is -1.22. The lowest BCUT2D eigenvalue weighted by Crippen LogP contribution is -2.02. The van der Waals surface area contributed by atoms with Crippen LogP contribution in [0.4, 0.5) is 5.69 Å². The largest absolute Gasteiger partial charge is 0.478 e. The number of carbonyl (C=O) groups is 1. The van der Waals surface area contributed by atoms with Crippen molar-refractivity contribution in [2.24, 2.45) is 0 Å². The van der Waals surface area contributed by atoms with E-state index >= 15 is 0 Å². The molecule has 0 spiro atoms. The number of carboxylic acids is 1. The highest BCUT2D eigenvalue weighted by molar-refractivity contribution is 6.32. The zero-order valence-corrected chi connectivity index (χ0v) is 7.85. The highest BCUT2D eigenvalue weighted by Gasteiger charge is 2.19. The number of nitro benzene ring substituents is 1. The fourth-order valence-corrected chi connectivity index (χ4v) is 1.24. The second-order valence-electron chi connectivity index (χ2n) is 2.52. The molecule has 7 heteroatoms. The van der Waals surface area contributed by atoms with Gasteiger partial charge in [0.05, 0.1) is 21.1 Å².